The lowest BCUT2D eigenvalue weighted by atomic mass is 10.6. The molecule has 0 aliphatic heterocycles. The zero-order valence-electron chi connectivity index (χ0n) is 4.98. The van der Waals surface area contributed by atoms with Crippen molar-refractivity contribution < 1.29 is 0 Å². The van der Waals surface area contributed by atoms with Crippen LogP contribution in [0.5, 0.6) is 0 Å². The number of hydrogen-bond acceptors (Lipinski definition) is 0. The second-order valence-corrected chi connectivity index (χ2v) is 2.09. The van der Waals surface area contributed by atoms with E-state index < -0.39 is 0 Å². The molecule has 0 rings (SSSR count). The fraction of sp³-hybridized carbons (Fsp3) is 0.400. The van der Waals surface area contributed by atoms with Gasteiger partial charge in [0, 0.05) is 6.54 Å². The van der Waals surface area contributed by atoms with Gasteiger partial charge in [-0.2, -0.15) is 0 Å². The molecule has 0 atom stereocenters. The second-order valence-electron chi connectivity index (χ2n) is 1.24. The molecule has 46 valence electrons. The molecule has 3 N–H and O–H groups in total. The Bertz CT molecular complexity index is 98.6. The van der Waals surface area contributed by atoms with Crippen LogP contribution >= 0.6 is 0 Å². The van der Waals surface area contributed by atoms with Crippen LogP contribution in [-0.2, 0) is 11.4 Å². The van der Waals surface area contributed by atoms with Gasteiger partial charge in [0.2, 0.25) is 11.4 Å². The third-order valence-corrected chi connectivity index (χ3v) is 1.22. The SMILES string of the molecule is C=CCN/C(N)=[S+]/C. The van der Waals surface area contributed by atoms with E-state index in [0.717, 1.165) is 11.7 Å². The molecule has 0 saturated carbocycles. The van der Waals surface area contributed by atoms with Gasteiger partial charge in [-0.05, 0) is 0 Å². The Balaban J connectivity index is 3.24. The molecule has 0 aromatic rings. The third kappa shape index (κ3) is 3.92. The maximum Gasteiger partial charge on any atom is 0.317 e. The van der Waals surface area contributed by atoms with Crippen LogP contribution in [0.2, 0.25) is 0 Å². The first-order valence-corrected chi connectivity index (χ1v) is 3.55. The highest BCUT2D eigenvalue weighted by Gasteiger charge is 1.93. The molecule has 2 nitrogen and oxygen atoms in total. The molecule has 0 unspecified atom stereocenters. The Morgan fingerprint density at radius 2 is 2.62 bits per heavy atom. The first-order chi connectivity index (χ1) is 3.81. The van der Waals surface area contributed by atoms with Crippen molar-refractivity contribution in [1.29, 1.82) is 0 Å². The maximum atomic E-state index is 5.38. The summed E-state index contributed by atoms with van der Waals surface area (Å²) in [5, 5.41) is 3.66. The van der Waals surface area contributed by atoms with E-state index in [9.17, 15) is 0 Å². The zero-order chi connectivity index (χ0) is 6.41. The largest absolute Gasteiger partial charge is 0.317 e. The van der Waals surface area contributed by atoms with E-state index in [1.807, 2.05) is 6.26 Å². The highest BCUT2D eigenvalue weighted by atomic mass is 32.1. The molecule has 0 fully saturated rings. The number of rotatable bonds is 2. The fourth-order valence-electron chi connectivity index (χ4n) is 0.245. The summed E-state index contributed by atoms with van der Waals surface area (Å²) in [5.74, 6) is 0. The predicted molar refractivity (Wildman–Crippen MR) is 40.7 cm³/mol. The van der Waals surface area contributed by atoms with Crippen molar-refractivity contribution in [1.82, 2.24) is 5.32 Å². The van der Waals surface area contributed by atoms with E-state index in [1.165, 1.54) is 11.4 Å². The monoisotopic (exact) mass is 131 g/mol. The Morgan fingerprint density at radius 1 is 2.00 bits per heavy atom. The van der Waals surface area contributed by atoms with Crippen LogP contribution in [0.4, 0.5) is 0 Å². The molecular formula is C5H11N2S+. The van der Waals surface area contributed by atoms with Crippen molar-refractivity contribution in [3.63, 3.8) is 0 Å². The summed E-state index contributed by atoms with van der Waals surface area (Å²) in [6, 6.07) is 0. The van der Waals surface area contributed by atoms with Crippen molar-refractivity contribution >= 4 is 16.5 Å². The highest BCUT2D eigenvalue weighted by Crippen LogP contribution is 1.57. The average molecular weight is 131 g/mol. The molecule has 0 amide bonds. The maximum absolute atomic E-state index is 5.38. The summed E-state index contributed by atoms with van der Waals surface area (Å²) in [5.41, 5.74) is 5.38. The highest BCUT2D eigenvalue weighted by molar-refractivity contribution is 7.77. The number of nitrogens with one attached hydrogen (secondary N) is 1. The van der Waals surface area contributed by atoms with Gasteiger partial charge in [0.1, 0.15) is 0 Å². The van der Waals surface area contributed by atoms with E-state index in [4.69, 9.17) is 5.73 Å². The van der Waals surface area contributed by atoms with E-state index in [-0.39, 0.29) is 0 Å². The number of hydrogen-bond donors (Lipinski definition) is 2. The van der Waals surface area contributed by atoms with Gasteiger partial charge < -0.3 is 0 Å². The second kappa shape index (κ2) is 4.90. The summed E-state index contributed by atoms with van der Waals surface area (Å²) in [6.45, 7) is 4.27. The van der Waals surface area contributed by atoms with Crippen molar-refractivity contribution in [2.24, 2.45) is 5.73 Å². The van der Waals surface area contributed by atoms with Crippen LogP contribution in [-0.4, -0.2) is 17.9 Å². The third-order valence-electron chi connectivity index (χ3n) is 0.641. The van der Waals surface area contributed by atoms with E-state index in [0.29, 0.717) is 0 Å². The zero-order valence-corrected chi connectivity index (χ0v) is 5.79. The quantitative estimate of drug-likeness (QED) is 0.302. The first-order valence-electron chi connectivity index (χ1n) is 2.32. The smallest absolute Gasteiger partial charge is 0.243 e. The van der Waals surface area contributed by atoms with Gasteiger partial charge in [0.05, 0.1) is 0 Å². The Hall–Kier alpha value is -0.250. The van der Waals surface area contributed by atoms with Gasteiger partial charge in [-0.3, -0.25) is 0 Å². The molecule has 8 heavy (non-hydrogen) atoms. The summed E-state index contributed by atoms with van der Waals surface area (Å²) in [6.07, 6.45) is 3.69. The first kappa shape index (κ1) is 7.75. The average Bonchev–Trinajstić information content (AvgIpc) is 1.83. The summed E-state index contributed by atoms with van der Waals surface area (Å²) in [4.78, 5) is 0. The van der Waals surface area contributed by atoms with Gasteiger partial charge in [-0.15, -0.1) is 6.58 Å². The lowest BCUT2D eigenvalue weighted by Gasteiger charge is -1.86. The van der Waals surface area contributed by atoms with Gasteiger partial charge in [-0.25, -0.2) is 11.1 Å². The molecule has 3 heteroatoms. The molecule has 0 aromatic carbocycles. The molecule has 0 radical (unpaired) electrons. The summed E-state index contributed by atoms with van der Waals surface area (Å²) >= 11 is 1.50. The molecule has 0 saturated heterocycles. The summed E-state index contributed by atoms with van der Waals surface area (Å²) < 4.78 is 0. The van der Waals surface area contributed by atoms with E-state index in [1.54, 1.807) is 6.08 Å². The van der Waals surface area contributed by atoms with Crippen LogP contribution in [0.15, 0.2) is 12.7 Å². The van der Waals surface area contributed by atoms with Crippen LogP contribution in [0.1, 0.15) is 0 Å². The van der Waals surface area contributed by atoms with Gasteiger partial charge in [0.15, 0.2) is 6.26 Å². The molecular weight excluding hydrogens is 120 g/mol. The van der Waals surface area contributed by atoms with Crippen LogP contribution in [0.3, 0.4) is 0 Å². The van der Waals surface area contributed by atoms with Gasteiger partial charge in [-0.1, -0.05) is 6.08 Å². The molecule has 0 aromatic heterocycles. The minimum Gasteiger partial charge on any atom is -0.243 e. The lowest BCUT2D eigenvalue weighted by Crippen LogP contribution is -2.31. The van der Waals surface area contributed by atoms with Crippen molar-refractivity contribution in [2.45, 2.75) is 0 Å². The molecule has 0 spiro atoms. The molecule has 0 heterocycles. The fourth-order valence-corrected chi connectivity index (χ4v) is 0.473. The van der Waals surface area contributed by atoms with Crippen LogP contribution in [0, 0.1) is 0 Å². The van der Waals surface area contributed by atoms with Crippen molar-refractivity contribution in [3.05, 3.63) is 12.7 Å². The van der Waals surface area contributed by atoms with Crippen molar-refractivity contribution in [3.8, 4) is 0 Å². The van der Waals surface area contributed by atoms with E-state index in [2.05, 4.69) is 11.9 Å². The van der Waals surface area contributed by atoms with Crippen molar-refractivity contribution in [2.75, 3.05) is 12.8 Å². The minimum absolute atomic E-state index is 0.741. The summed E-state index contributed by atoms with van der Waals surface area (Å²) in [7, 11) is 0. The predicted octanol–water partition coefficient (Wildman–Crippen LogP) is -0.479. The molecule has 0 aliphatic rings. The Kier molecular flexibility index (Phi) is 4.75. The molecule has 0 aliphatic carbocycles. The standard InChI is InChI=1S/C5H11N2S/c1-3-4-7-5(6)8-2/h3,7H,1,4,6H2,2H3/q+1. The van der Waals surface area contributed by atoms with Gasteiger partial charge >= 0.3 is 5.11 Å². The van der Waals surface area contributed by atoms with Gasteiger partial charge in [0.25, 0.3) is 0 Å². The van der Waals surface area contributed by atoms with Crippen LogP contribution < -0.4 is 11.1 Å². The Labute approximate surface area is 53.7 Å². The topological polar surface area (TPSA) is 38.0 Å². The number of nitrogens with two attached hydrogens (primary N) is 1. The van der Waals surface area contributed by atoms with Crippen LogP contribution in [0.25, 0.3) is 0 Å². The normalized spacial score (nSPS) is 11.5. The van der Waals surface area contributed by atoms with E-state index >= 15 is 0 Å². The Morgan fingerprint density at radius 3 is 3.00 bits per heavy atom. The molecule has 0 bridgehead atoms. The lowest BCUT2D eigenvalue weighted by molar-refractivity contribution is 1.05. The minimum atomic E-state index is 0.741.